The van der Waals surface area contributed by atoms with E-state index in [0.29, 0.717) is 26.3 Å². The standard InChI is InChI=1S/C11H5Cl2N5S/c12-6-1-7(13)9-8(2-6)19-11(17-9)18-10(15)5(3-14)4-16-18/h1-2,4H,15H2. The molecule has 2 heterocycles. The number of thiazole rings is 1. The Morgan fingerprint density at radius 3 is 2.84 bits per heavy atom. The molecule has 3 rings (SSSR count). The lowest BCUT2D eigenvalue weighted by molar-refractivity contribution is 0.883. The molecule has 0 saturated carbocycles. The van der Waals surface area contributed by atoms with Crippen LogP contribution in [0.5, 0.6) is 0 Å². The summed E-state index contributed by atoms with van der Waals surface area (Å²) in [4.78, 5) is 4.37. The van der Waals surface area contributed by atoms with Crippen molar-refractivity contribution in [3.05, 3.63) is 33.9 Å². The van der Waals surface area contributed by atoms with Crippen molar-refractivity contribution in [3.63, 3.8) is 0 Å². The minimum absolute atomic E-state index is 0.253. The molecule has 5 nitrogen and oxygen atoms in total. The number of rotatable bonds is 1. The number of nitriles is 1. The normalized spacial score (nSPS) is 10.8. The molecule has 2 aromatic heterocycles. The van der Waals surface area contributed by atoms with Crippen molar-refractivity contribution in [1.82, 2.24) is 14.8 Å². The zero-order valence-corrected chi connectivity index (χ0v) is 11.6. The van der Waals surface area contributed by atoms with E-state index >= 15 is 0 Å². The lowest BCUT2D eigenvalue weighted by Crippen LogP contribution is -2.01. The summed E-state index contributed by atoms with van der Waals surface area (Å²) in [7, 11) is 0. The van der Waals surface area contributed by atoms with E-state index in [-0.39, 0.29) is 5.82 Å². The highest BCUT2D eigenvalue weighted by Gasteiger charge is 2.14. The van der Waals surface area contributed by atoms with Gasteiger partial charge >= 0.3 is 0 Å². The molecule has 0 fully saturated rings. The summed E-state index contributed by atoms with van der Waals surface area (Å²) in [6.45, 7) is 0. The predicted octanol–water partition coefficient (Wildman–Crippen LogP) is 3.24. The third-order valence-corrected chi connectivity index (χ3v) is 3.99. The second-order valence-corrected chi connectivity index (χ2v) is 5.55. The fourth-order valence-electron chi connectivity index (χ4n) is 1.63. The number of nitrogen functional groups attached to an aromatic ring is 1. The maximum absolute atomic E-state index is 8.86. The van der Waals surface area contributed by atoms with E-state index < -0.39 is 0 Å². The fraction of sp³-hybridized carbons (Fsp3) is 0. The highest BCUT2D eigenvalue weighted by atomic mass is 35.5. The summed E-state index contributed by atoms with van der Waals surface area (Å²) in [5.41, 5.74) is 6.77. The Morgan fingerprint density at radius 1 is 1.37 bits per heavy atom. The lowest BCUT2D eigenvalue weighted by atomic mass is 10.3. The minimum Gasteiger partial charge on any atom is -0.382 e. The van der Waals surface area contributed by atoms with Crippen LogP contribution < -0.4 is 5.73 Å². The van der Waals surface area contributed by atoms with E-state index in [1.165, 1.54) is 22.2 Å². The molecule has 0 amide bonds. The molecule has 0 aliphatic rings. The van der Waals surface area contributed by atoms with Crippen LogP contribution in [0, 0.1) is 11.3 Å². The first kappa shape index (κ1) is 12.2. The highest BCUT2D eigenvalue weighted by molar-refractivity contribution is 7.21. The Hall–Kier alpha value is -1.81. The molecule has 0 spiro atoms. The number of nitrogens with two attached hydrogens (primary N) is 1. The molecule has 0 aliphatic carbocycles. The van der Waals surface area contributed by atoms with E-state index in [1.54, 1.807) is 12.1 Å². The molecule has 0 radical (unpaired) electrons. The average molecular weight is 310 g/mol. The van der Waals surface area contributed by atoms with E-state index in [1.807, 2.05) is 6.07 Å². The molecular formula is C11H5Cl2N5S. The SMILES string of the molecule is N#Cc1cnn(-c2nc3c(Cl)cc(Cl)cc3s2)c1N. The zero-order chi connectivity index (χ0) is 13.6. The third-order valence-electron chi connectivity index (χ3n) is 2.51. The van der Waals surface area contributed by atoms with E-state index in [9.17, 15) is 0 Å². The molecule has 0 atom stereocenters. The van der Waals surface area contributed by atoms with Crippen LogP contribution in [-0.2, 0) is 0 Å². The number of aromatic nitrogens is 3. The Bertz CT molecular complexity index is 830. The fourth-order valence-corrected chi connectivity index (χ4v) is 3.29. The number of benzene rings is 1. The first-order chi connectivity index (χ1) is 9.10. The maximum Gasteiger partial charge on any atom is 0.213 e. The molecule has 0 aliphatic heterocycles. The van der Waals surface area contributed by atoms with Crippen molar-refractivity contribution in [2.75, 3.05) is 5.73 Å². The van der Waals surface area contributed by atoms with Crippen molar-refractivity contribution in [2.45, 2.75) is 0 Å². The number of nitrogens with zero attached hydrogens (tertiary/aromatic N) is 4. The average Bonchev–Trinajstić information content (AvgIpc) is 2.92. The van der Waals surface area contributed by atoms with Crippen LogP contribution in [0.15, 0.2) is 18.3 Å². The zero-order valence-electron chi connectivity index (χ0n) is 9.26. The van der Waals surface area contributed by atoms with E-state index in [2.05, 4.69) is 10.1 Å². The van der Waals surface area contributed by atoms with Gasteiger partial charge < -0.3 is 5.73 Å². The number of fused-ring (bicyclic) bond motifs is 1. The largest absolute Gasteiger partial charge is 0.382 e. The molecule has 0 saturated heterocycles. The van der Waals surface area contributed by atoms with E-state index in [4.69, 9.17) is 34.2 Å². The van der Waals surface area contributed by atoms with Gasteiger partial charge in [0.25, 0.3) is 0 Å². The highest BCUT2D eigenvalue weighted by Crippen LogP contribution is 2.33. The van der Waals surface area contributed by atoms with Gasteiger partial charge in [-0.15, -0.1) is 0 Å². The van der Waals surface area contributed by atoms with Crippen molar-refractivity contribution in [2.24, 2.45) is 0 Å². The Morgan fingerprint density at radius 2 is 2.16 bits per heavy atom. The Labute approximate surface area is 121 Å². The van der Waals surface area contributed by atoms with Crippen molar-refractivity contribution < 1.29 is 0 Å². The van der Waals surface area contributed by atoms with Gasteiger partial charge in [0.15, 0.2) is 0 Å². The third kappa shape index (κ3) is 1.92. The van der Waals surface area contributed by atoms with Gasteiger partial charge in [0.2, 0.25) is 5.13 Å². The van der Waals surface area contributed by atoms with Crippen LogP contribution in [0.1, 0.15) is 5.56 Å². The van der Waals surface area contributed by atoms with Crippen LogP contribution in [0.25, 0.3) is 15.3 Å². The predicted molar refractivity (Wildman–Crippen MR) is 75.9 cm³/mol. The van der Waals surface area contributed by atoms with Crippen LogP contribution in [0.3, 0.4) is 0 Å². The summed E-state index contributed by atoms with van der Waals surface area (Å²) in [5.74, 6) is 0.253. The molecule has 3 aromatic rings. The summed E-state index contributed by atoms with van der Waals surface area (Å²) < 4.78 is 2.24. The minimum atomic E-state index is 0.253. The van der Waals surface area contributed by atoms with Crippen LogP contribution in [-0.4, -0.2) is 14.8 Å². The van der Waals surface area contributed by atoms with Gasteiger partial charge in [-0.25, -0.2) is 4.98 Å². The molecule has 94 valence electrons. The molecule has 0 bridgehead atoms. The van der Waals surface area contributed by atoms with Gasteiger partial charge in [0.1, 0.15) is 23.0 Å². The van der Waals surface area contributed by atoms with Gasteiger partial charge in [-0.3, -0.25) is 0 Å². The van der Waals surface area contributed by atoms with Crippen LogP contribution in [0.4, 0.5) is 5.82 Å². The molecule has 1 aromatic carbocycles. The second-order valence-electron chi connectivity index (χ2n) is 3.70. The second kappa shape index (κ2) is 4.38. The molecule has 19 heavy (non-hydrogen) atoms. The topological polar surface area (TPSA) is 80.5 Å². The van der Waals surface area contributed by atoms with Crippen molar-refractivity contribution >= 4 is 50.6 Å². The Kier molecular flexibility index (Phi) is 2.82. The number of hydrogen-bond acceptors (Lipinski definition) is 5. The Balaban J connectivity index is 2.24. The van der Waals surface area contributed by atoms with Gasteiger partial charge in [-0.2, -0.15) is 15.0 Å². The number of hydrogen-bond donors (Lipinski definition) is 1. The van der Waals surface area contributed by atoms with E-state index in [0.717, 1.165) is 4.70 Å². The van der Waals surface area contributed by atoms with Gasteiger partial charge in [0.05, 0.1) is 15.9 Å². The molecule has 8 heteroatoms. The number of anilines is 1. The van der Waals surface area contributed by atoms with Gasteiger partial charge in [0, 0.05) is 5.02 Å². The summed E-state index contributed by atoms with van der Waals surface area (Å²) in [5, 5.41) is 14.5. The maximum atomic E-state index is 8.86. The smallest absolute Gasteiger partial charge is 0.213 e. The van der Waals surface area contributed by atoms with Crippen molar-refractivity contribution in [3.8, 4) is 11.2 Å². The lowest BCUT2D eigenvalue weighted by Gasteiger charge is -1.96. The number of halogens is 2. The van der Waals surface area contributed by atoms with Gasteiger partial charge in [-0.05, 0) is 12.1 Å². The summed E-state index contributed by atoms with van der Waals surface area (Å²) >= 11 is 13.4. The first-order valence-electron chi connectivity index (χ1n) is 5.09. The monoisotopic (exact) mass is 309 g/mol. The summed E-state index contributed by atoms with van der Waals surface area (Å²) in [6.07, 6.45) is 1.40. The van der Waals surface area contributed by atoms with Crippen molar-refractivity contribution in [1.29, 1.82) is 5.26 Å². The summed E-state index contributed by atoms with van der Waals surface area (Å²) in [6, 6.07) is 5.36. The first-order valence-corrected chi connectivity index (χ1v) is 6.67. The molecular weight excluding hydrogens is 305 g/mol. The van der Waals surface area contributed by atoms with Gasteiger partial charge in [-0.1, -0.05) is 34.5 Å². The molecule has 0 unspecified atom stereocenters. The van der Waals surface area contributed by atoms with Crippen LogP contribution in [0.2, 0.25) is 10.0 Å². The molecule has 2 N–H and O–H groups in total. The van der Waals surface area contributed by atoms with Crippen LogP contribution >= 0.6 is 34.5 Å². The quantitative estimate of drug-likeness (QED) is 0.748.